The summed E-state index contributed by atoms with van der Waals surface area (Å²) in [6.07, 6.45) is 2.50. The second-order valence-corrected chi connectivity index (χ2v) is 7.60. The van der Waals surface area contributed by atoms with Crippen LogP contribution in [0.1, 0.15) is 47.0 Å². The molecule has 0 aromatic heterocycles. The third-order valence-electron chi connectivity index (χ3n) is 2.97. The van der Waals surface area contributed by atoms with E-state index in [4.69, 9.17) is 0 Å². The van der Waals surface area contributed by atoms with Gasteiger partial charge in [-0.1, -0.05) is 43.6 Å². The van der Waals surface area contributed by atoms with Crippen LogP contribution >= 0.6 is 15.9 Å². The molecule has 0 atom stereocenters. The van der Waals surface area contributed by atoms with Crippen LogP contribution in [0.5, 0.6) is 0 Å². The van der Waals surface area contributed by atoms with E-state index in [-0.39, 0.29) is 11.8 Å². The van der Waals surface area contributed by atoms with Gasteiger partial charge in [0.15, 0.2) is 0 Å². The molecule has 3 nitrogen and oxygen atoms in total. The van der Waals surface area contributed by atoms with Gasteiger partial charge in [-0.25, -0.2) is 8.42 Å². The summed E-state index contributed by atoms with van der Waals surface area (Å²) in [6.45, 7) is 8.79. The summed E-state index contributed by atoms with van der Waals surface area (Å²) in [6, 6.07) is 0.143. The first-order valence-electron chi connectivity index (χ1n) is 6.44. The molecule has 5 heteroatoms. The van der Waals surface area contributed by atoms with E-state index in [0.717, 1.165) is 19.3 Å². The molecule has 0 aromatic rings. The first-order valence-corrected chi connectivity index (χ1v) is 9.17. The summed E-state index contributed by atoms with van der Waals surface area (Å²) in [7, 11) is -3.10. The van der Waals surface area contributed by atoms with Crippen LogP contribution in [0.25, 0.3) is 0 Å². The average molecular weight is 328 g/mol. The van der Waals surface area contributed by atoms with Crippen LogP contribution in [0.4, 0.5) is 0 Å². The standard InChI is InChI=1S/C12H26BrNO2S/c1-5-12(6-2)14(9-8-13)17(15,16)10-7-11(3)4/h11-12H,5-10H2,1-4H3. The summed E-state index contributed by atoms with van der Waals surface area (Å²) in [5.41, 5.74) is 0. The number of rotatable bonds is 9. The first kappa shape index (κ1) is 17.4. The van der Waals surface area contributed by atoms with Gasteiger partial charge >= 0.3 is 0 Å². The maximum atomic E-state index is 12.3. The summed E-state index contributed by atoms with van der Waals surface area (Å²) < 4.78 is 26.3. The molecule has 104 valence electrons. The fourth-order valence-electron chi connectivity index (χ4n) is 1.83. The Bertz CT molecular complexity index is 287. The van der Waals surface area contributed by atoms with Gasteiger partial charge in [0.05, 0.1) is 5.75 Å². The molecule has 0 aliphatic heterocycles. The molecule has 0 spiro atoms. The third kappa shape index (κ3) is 6.20. The molecule has 0 rings (SSSR count). The zero-order valence-corrected chi connectivity index (χ0v) is 13.8. The van der Waals surface area contributed by atoms with Gasteiger partial charge in [0, 0.05) is 17.9 Å². The van der Waals surface area contributed by atoms with E-state index in [1.54, 1.807) is 4.31 Å². The van der Waals surface area contributed by atoms with Crippen molar-refractivity contribution < 1.29 is 8.42 Å². The normalized spacial score (nSPS) is 12.9. The zero-order valence-electron chi connectivity index (χ0n) is 11.4. The van der Waals surface area contributed by atoms with E-state index in [9.17, 15) is 8.42 Å². The summed E-state index contributed by atoms with van der Waals surface area (Å²) in [5.74, 6) is 0.700. The van der Waals surface area contributed by atoms with Gasteiger partial charge in [0.25, 0.3) is 0 Å². The second kappa shape index (κ2) is 8.48. The molecular formula is C12H26BrNO2S. The number of nitrogens with zero attached hydrogens (tertiary/aromatic N) is 1. The van der Waals surface area contributed by atoms with Crippen molar-refractivity contribution >= 4 is 26.0 Å². The number of alkyl halides is 1. The topological polar surface area (TPSA) is 37.4 Å². The molecule has 0 aliphatic carbocycles. The molecule has 0 fully saturated rings. The minimum absolute atomic E-state index is 0.143. The lowest BCUT2D eigenvalue weighted by Crippen LogP contribution is -2.42. The number of halogens is 1. The molecule has 0 aliphatic rings. The number of hydrogen-bond acceptors (Lipinski definition) is 2. The van der Waals surface area contributed by atoms with E-state index in [0.29, 0.717) is 17.8 Å². The molecule has 0 amide bonds. The van der Waals surface area contributed by atoms with Crippen molar-refractivity contribution in [3.63, 3.8) is 0 Å². The van der Waals surface area contributed by atoms with Crippen molar-refractivity contribution in [3.8, 4) is 0 Å². The Hall–Kier alpha value is 0.390. The molecule has 0 N–H and O–H groups in total. The van der Waals surface area contributed by atoms with E-state index < -0.39 is 10.0 Å². The van der Waals surface area contributed by atoms with Crippen molar-refractivity contribution in [2.45, 2.75) is 53.0 Å². The highest BCUT2D eigenvalue weighted by molar-refractivity contribution is 9.09. The Labute approximate surface area is 115 Å². The largest absolute Gasteiger partial charge is 0.214 e. The fourth-order valence-corrected chi connectivity index (χ4v) is 4.57. The molecule has 17 heavy (non-hydrogen) atoms. The Morgan fingerprint density at radius 1 is 1.18 bits per heavy atom. The van der Waals surface area contributed by atoms with Crippen molar-refractivity contribution in [1.82, 2.24) is 4.31 Å². The van der Waals surface area contributed by atoms with Crippen LogP contribution in [0.3, 0.4) is 0 Å². The summed E-state index contributed by atoms with van der Waals surface area (Å²) >= 11 is 3.34. The molecule has 0 saturated carbocycles. The molecule has 0 aromatic carbocycles. The van der Waals surface area contributed by atoms with Gasteiger partial charge in [-0.3, -0.25) is 0 Å². The minimum atomic E-state index is -3.10. The Morgan fingerprint density at radius 3 is 2.06 bits per heavy atom. The molecule has 0 bridgehead atoms. The lowest BCUT2D eigenvalue weighted by atomic mass is 10.2. The van der Waals surface area contributed by atoms with E-state index in [2.05, 4.69) is 29.8 Å². The van der Waals surface area contributed by atoms with Crippen LogP contribution in [-0.2, 0) is 10.0 Å². The van der Waals surface area contributed by atoms with Crippen molar-refractivity contribution in [3.05, 3.63) is 0 Å². The van der Waals surface area contributed by atoms with E-state index in [1.165, 1.54) is 0 Å². The average Bonchev–Trinajstić information content (AvgIpc) is 2.27. The summed E-state index contributed by atoms with van der Waals surface area (Å²) in [4.78, 5) is 0. The van der Waals surface area contributed by atoms with Crippen LogP contribution in [0.15, 0.2) is 0 Å². The van der Waals surface area contributed by atoms with E-state index in [1.807, 2.05) is 13.8 Å². The maximum absolute atomic E-state index is 12.3. The highest BCUT2D eigenvalue weighted by atomic mass is 79.9. The second-order valence-electron chi connectivity index (χ2n) is 4.77. The molecule has 0 radical (unpaired) electrons. The predicted octanol–water partition coefficient (Wildman–Crippen LogP) is 3.25. The third-order valence-corrected chi connectivity index (χ3v) is 5.27. The van der Waals surface area contributed by atoms with Crippen LogP contribution in [0.2, 0.25) is 0 Å². The fraction of sp³-hybridized carbons (Fsp3) is 1.00. The molecular weight excluding hydrogens is 302 g/mol. The number of hydrogen-bond donors (Lipinski definition) is 0. The quantitative estimate of drug-likeness (QED) is 0.609. The Morgan fingerprint density at radius 2 is 1.71 bits per heavy atom. The van der Waals surface area contributed by atoms with Gasteiger partial charge in [0.1, 0.15) is 0 Å². The molecule has 0 unspecified atom stereocenters. The highest BCUT2D eigenvalue weighted by Crippen LogP contribution is 2.16. The maximum Gasteiger partial charge on any atom is 0.214 e. The van der Waals surface area contributed by atoms with Crippen LogP contribution in [-0.4, -0.2) is 36.4 Å². The zero-order chi connectivity index (χ0) is 13.5. The number of sulfonamides is 1. The van der Waals surface area contributed by atoms with Crippen LogP contribution in [0, 0.1) is 5.92 Å². The van der Waals surface area contributed by atoms with Crippen LogP contribution < -0.4 is 0 Å². The highest BCUT2D eigenvalue weighted by Gasteiger charge is 2.27. The van der Waals surface area contributed by atoms with Crippen molar-refractivity contribution in [2.24, 2.45) is 5.92 Å². The van der Waals surface area contributed by atoms with Gasteiger partial charge in [-0.05, 0) is 25.2 Å². The minimum Gasteiger partial charge on any atom is -0.212 e. The predicted molar refractivity (Wildman–Crippen MR) is 78.1 cm³/mol. The van der Waals surface area contributed by atoms with E-state index >= 15 is 0 Å². The molecule has 0 saturated heterocycles. The SMILES string of the molecule is CCC(CC)N(CCBr)S(=O)(=O)CCC(C)C. The Balaban J connectivity index is 4.77. The van der Waals surface area contributed by atoms with Gasteiger partial charge in [-0.15, -0.1) is 0 Å². The van der Waals surface area contributed by atoms with Gasteiger partial charge < -0.3 is 0 Å². The first-order chi connectivity index (χ1) is 7.88. The monoisotopic (exact) mass is 327 g/mol. The lowest BCUT2D eigenvalue weighted by Gasteiger charge is -2.29. The lowest BCUT2D eigenvalue weighted by molar-refractivity contribution is 0.316. The van der Waals surface area contributed by atoms with Gasteiger partial charge in [-0.2, -0.15) is 4.31 Å². The van der Waals surface area contributed by atoms with Crippen molar-refractivity contribution in [1.29, 1.82) is 0 Å². The summed E-state index contributed by atoms with van der Waals surface area (Å²) in [5, 5.41) is 0.699. The van der Waals surface area contributed by atoms with Crippen molar-refractivity contribution in [2.75, 3.05) is 17.6 Å². The van der Waals surface area contributed by atoms with Gasteiger partial charge in [0.2, 0.25) is 10.0 Å². The smallest absolute Gasteiger partial charge is 0.212 e. The Kier molecular flexibility index (Phi) is 8.68. The molecule has 0 heterocycles.